The molecular weight excluding hydrogens is 722 g/mol. The maximum Gasteiger partial charge on any atom is 0.416 e. The molecule has 2 aliphatic rings. The van der Waals surface area contributed by atoms with E-state index in [0.29, 0.717) is 67.8 Å². The number of halogens is 9. The smallest absolute Gasteiger partial charge is 0.341 e. The van der Waals surface area contributed by atoms with Crippen molar-refractivity contribution in [2.45, 2.75) is 42.9 Å². The number of rotatable bonds is 8. The highest BCUT2D eigenvalue weighted by Gasteiger charge is 2.47. The first-order chi connectivity index (χ1) is 22.7. The fourth-order valence-corrected chi connectivity index (χ4v) is 8.01. The third-order valence-corrected chi connectivity index (χ3v) is 11.2. The van der Waals surface area contributed by atoms with Crippen LogP contribution in [0.1, 0.15) is 57.8 Å². The highest BCUT2D eigenvalue weighted by Crippen LogP contribution is 2.48. The lowest BCUT2D eigenvalue weighted by Gasteiger charge is -2.40. The van der Waals surface area contributed by atoms with Crippen LogP contribution >= 0.6 is 23.2 Å². The summed E-state index contributed by atoms with van der Waals surface area (Å²) in [7, 11) is -2.30. The summed E-state index contributed by atoms with van der Waals surface area (Å²) in [5, 5.41) is 0.503. The number of anilines is 1. The molecule has 1 atom stereocenters. The molecule has 16 heteroatoms. The van der Waals surface area contributed by atoms with E-state index in [9.17, 15) is 43.9 Å². The van der Waals surface area contributed by atoms with Crippen LogP contribution < -0.4 is 4.31 Å². The molecule has 0 unspecified atom stereocenters. The number of likely N-dealkylation sites (N-methyl/N-ethyl adjacent to an activating group) is 1. The summed E-state index contributed by atoms with van der Waals surface area (Å²) in [6, 6.07) is 9.75. The van der Waals surface area contributed by atoms with E-state index in [4.69, 9.17) is 23.2 Å². The SMILES string of the molecule is CN(C[C@@H](CCN1CCC2(CC1)CN(S(C)(=O)=O)c1ccc(F)cc12)c1ccc(Cl)c(Cl)c1)C(=O)c1cc(C(F)(F)F)cc(C(F)(F)F)c1. The number of likely N-dealkylation sites (tertiary alicyclic amines) is 1. The average Bonchev–Trinajstić information content (AvgIpc) is 3.33. The van der Waals surface area contributed by atoms with Crippen molar-refractivity contribution < 1.29 is 43.9 Å². The van der Waals surface area contributed by atoms with Crippen molar-refractivity contribution in [1.82, 2.24) is 9.80 Å². The summed E-state index contributed by atoms with van der Waals surface area (Å²) >= 11 is 12.4. The lowest BCUT2D eigenvalue weighted by atomic mass is 9.74. The Morgan fingerprint density at radius 1 is 0.918 bits per heavy atom. The molecule has 0 aromatic heterocycles. The Morgan fingerprint density at radius 2 is 1.53 bits per heavy atom. The van der Waals surface area contributed by atoms with E-state index in [2.05, 4.69) is 4.90 Å². The molecule has 6 nitrogen and oxygen atoms in total. The zero-order chi connectivity index (χ0) is 36.1. The summed E-state index contributed by atoms with van der Waals surface area (Å²) in [4.78, 5) is 16.5. The van der Waals surface area contributed by atoms with Gasteiger partial charge in [-0.05, 0) is 98.6 Å². The van der Waals surface area contributed by atoms with E-state index in [-0.39, 0.29) is 29.2 Å². The molecule has 1 spiro atoms. The Kier molecular flexibility index (Phi) is 10.3. The Balaban J connectivity index is 1.34. The normalized spacial score (nSPS) is 17.3. The molecule has 1 amide bonds. The standard InChI is InChI=1S/C33H32Cl2F7N3O3S/c1-43(30(46)22-13-23(32(37,38)39)16-24(14-22)33(40,41)42)18-21(20-3-5-27(34)28(35)15-20)7-10-44-11-8-31(9-12-44)19-45(49(2,47)48)29-6-4-25(36)17-26(29)31/h3-6,13-17,21H,7-12,18-19H2,1-2H3/t21-/m1/s1. The number of sulfonamides is 1. The summed E-state index contributed by atoms with van der Waals surface area (Å²) < 4.78 is 122. The fraction of sp³-hybridized carbons (Fsp3) is 0.424. The number of amides is 1. The Morgan fingerprint density at radius 3 is 2.08 bits per heavy atom. The highest BCUT2D eigenvalue weighted by molar-refractivity contribution is 7.92. The molecule has 5 rings (SSSR count). The second kappa shape index (κ2) is 13.6. The number of carbonyl (C=O) groups is 1. The van der Waals surface area contributed by atoms with E-state index in [1.54, 1.807) is 18.2 Å². The van der Waals surface area contributed by atoms with Gasteiger partial charge >= 0.3 is 12.4 Å². The van der Waals surface area contributed by atoms with Gasteiger partial charge in [0, 0.05) is 37.0 Å². The van der Waals surface area contributed by atoms with Crippen molar-refractivity contribution >= 4 is 44.8 Å². The van der Waals surface area contributed by atoms with Crippen LogP contribution in [-0.4, -0.2) is 70.2 Å². The quantitative estimate of drug-likeness (QED) is 0.218. The van der Waals surface area contributed by atoms with E-state index >= 15 is 0 Å². The summed E-state index contributed by atoms with van der Waals surface area (Å²) in [6.45, 7) is 1.70. The molecule has 0 radical (unpaired) electrons. The molecule has 0 N–H and O–H groups in total. The Bertz CT molecular complexity index is 1810. The van der Waals surface area contributed by atoms with Gasteiger partial charge in [0.05, 0.1) is 33.1 Å². The van der Waals surface area contributed by atoms with Crippen LogP contribution in [0.25, 0.3) is 0 Å². The number of benzene rings is 3. The maximum atomic E-state index is 14.3. The van der Waals surface area contributed by atoms with Gasteiger partial charge in [-0.3, -0.25) is 9.10 Å². The van der Waals surface area contributed by atoms with Crippen LogP contribution in [-0.2, 0) is 27.8 Å². The predicted molar refractivity (Wildman–Crippen MR) is 173 cm³/mol. The predicted octanol–water partition coefficient (Wildman–Crippen LogP) is 8.23. The molecular formula is C33H32Cl2F7N3O3S. The van der Waals surface area contributed by atoms with E-state index in [0.717, 1.165) is 11.2 Å². The van der Waals surface area contributed by atoms with Gasteiger partial charge in [0.1, 0.15) is 5.82 Å². The molecule has 2 heterocycles. The average molecular weight is 755 g/mol. The zero-order valence-electron chi connectivity index (χ0n) is 26.3. The molecule has 1 saturated heterocycles. The van der Waals surface area contributed by atoms with Crippen molar-refractivity contribution in [1.29, 1.82) is 0 Å². The van der Waals surface area contributed by atoms with Crippen molar-refractivity contribution in [3.05, 3.63) is 98.3 Å². The first kappa shape index (κ1) is 37.2. The van der Waals surface area contributed by atoms with Gasteiger partial charge in [-0.25, -0.2) is 12.8 Å². The van der Waals surface area contributed by atoms with Gasteiger partial charge in [0.25, 0.3) is 5.91 Å². The second-order valence-electron chi connectivity index (χ2n) is 12.7. The first-order valence-electron chi connectivity index (χ1n) is 15.2. The van der Waals surface area contributed by atoms with E-state index < -0.39 is 62.1 Å². The number of piperidine rings is 1. The van der Waals surface area contributed by atoms with Crippen LogP contribution in [0.2, 0.25) is 10.0 Å². The zero-order valence-corrected chi connectivity index (χ0v) is 28.6. The molecule has 49 heavy (non-hydrogen) atoms. The van der Waals surface area contributed by atoms with E-state index in [1.807, 2.05) is 0 Å². The van der Waals surface area contributed by atoms with Gasteiger partial charge < -0.3 is 9.80 Å². The Labute approximate surface area is 289 Å². The van der Waals surface area contributed by atoms with Crippen LogP contribution in [0.3, 0.4) is 0 Å². The lowest BCUT2D eigenvalue weighted by molar-refractivity contribution is -0.143. The summed E-state index contributed by atoms with van der Waals surface area (Å²) in [5.41, 5.74) is -2.73. The van der Waals surface area contributed by atoms with Gasteiger partial charge in [-0.15, -0.1) is 0 Å². The van der Waals surface area contributed by atoms with Crippen LogP contribution in [0.15, 0.2) is 54.6 Å². The van der Waals surface area contributed by atoms with Crippen molar-refractivity contribution in [3.63, 3.8) is 0 Å². The van der Waals surface area contributed by atoms with Gasteiger partial charge in [-0.1, -0.05) is 29.3 Å². The minimum Gasteiger partial charge on any atom is -0.341 e. The monoisotopic (exact) mass is 753 g/mol. The molecule has 2 aliphatic heterocycles. The number of alkyl halides is 6. The Hall–Kier alpha value is -3.07. The van der Waals surface area contributed by atoms with Crippen molar-refractivity contribution in [3.8, 4) is 0 Å². The highest BCUT2D eigenvalue weighted by atomic mass is 35.5. The number of carbonyl (C=O) groups excluding carboxylic acids is 1. The van der Waals surface area contributed by atoms with Crippen LogP contribution in [0, 0.1) is 5.82 Å². The number of nitrogens with zero attached hydrogens (tertiary/aromatic N) is 3. The van der Waals surface area contributed by atoms with Gasteiger partial charge in [-0.2, -0.15) is 26.3 Å². The van der Waals surface area contributed by atoms with Gasteiger partial charge in [0.15, 0.2) is 0 Å². The largest absolute Gasteiger partial charge is 0.416 e. The molecule has 0 saturated carbocycles. The second-order valence-corrected chi connectivity index (χ2v) is 15.4. The summed E-state index contributed by atoms with van der Waals surface area (Å²) in [6.07, 6.45) is -7.60. The van der Waals surface area contributed by atoms with Crippen molar-refractivity contribution in [2.24, 2.45) is 0 Å². The summed E-state index contributed by atoms with van der Waals surface area (Å²) in [5.74, 6) is -1.93. The minimum absolute atomic E-state index is 0.0303. The third-order valence-electron chi connectivity index (χ3n) is 9.34. The maximum absolute atomic E-state index is 14.3. The fourth-order valence-electron chi connectivity index (χ4n) is 6.70. The van der Waals surface area contributed by atoms with Crippen LogP contribution in [0.5, 0.6) is 0 Å². The number of fused-ring (bicyclic) bond motifs is 2. The molecule has 3 aromatic carbocycles. The topological polar surface area (TPSA) is 60.9 Å². The third kappa shape index (κ3) is 8.13. The van der Waals surface area contributed by atoms with E-state index in [1.165, 1.54) is 29.6 Å². The molecule has 0 bridgehead atoms. The van der Waals surface area contributed by atoms with Crippen molar-refractivity contribution in [2.75, 3.05) is 50.3 Å². The van der Waals surface area contributed by atoms with Crippen LogP contribution in [0.4, 0.5) is 36.4 Å². The molecule has 3 aromatic rings. The first-order valence-corrected chi connectivity index (χ1v) is 17.8. The minimum atomic E-state index is -5.11. The number of hydrogen-bond acceptors (Lipinski definition) is 4. The molecule has 266 valence electrons. The lowest BCUT2D eigenvalue weighted by Crippen LogP contribution is -2.46. The molecule has 1 fully saturated rings. The number of hydrogen-bond donors (Lipinski definition) is 0. The molecule has 0 aliphatic carbocycles. The van der Waals surface area contributed by atoms with Gasteiger partial charge in [0.2, 0.25) is 10.0 Å².